The van der Waals surface area contributed by atoms with Gasteiger partial charge in [0.1, 0.15) is 24.4 Å². The summed E-state index contributed by atoms with van der Waals surface area (Å²) in [4.78, 5) is 13.1. The van der Waals surface area contributed by atoms with Gasteiger partial charge in [0.25, 0.3) is 0 Å². The minimum absolute atomic E-state index is 0.137. The molecule has 0 aromatic heterocycles. The molecule has 1 fully saturated rings. The van der Waals surface area contributed by atoms with Crippen LogP contribution in [0.15, 0.2) is 12.2 Å². The van der Waals surface area contributed by atoms with E-state index < -0.39 is 49.5 Å². The predicted octanol–water partition coefficient (Wildman–Crippen LogP) is 16.0. The molecule has 422 valence electrons. The number of ether oxygens (including phenoxy) is 2. The van der Waals surface area contributed by atoms with Crippen LogP contribution in [0.5, 0.6) is 0 Å². The highest BCUT2D eigenvalue weighted by Crippen LogP contribution is 2.24. The first kappa shape index (κ1) is 67.9. The van der Waals surface area contributed by atoms with E-state index in [-0.39, 0.29) is 12.5 Å². The van der Waals surface area contributed by atoms with Crippen molar-refractivity contribution >= 4 is 5.91 Å². The van der Waals surface area contributed by atoms with Crippen LogP contribution in [0.2, 0.25) is 0 Å². The van der Waals surface area contributed by atoms with Crippen LogP contribution in [0.4, 0.5) is 0 Å². The summed E-state index contributed by atoms with van der Waals surface area (Å²) >= 11 is 0. The van der Waals surface area contributed by atoms with Crippen LogP contribution < -0.4 is 5.32 Å². The monoisotopic (exact) mass is 1010 g/mol. The number of aliphatic hydroxyl groups is 5. The molecule has 1 heterocycles. The number of unbranched alkanes of at least 4 members (excludes halogenated alkanes) is 43. The van der Waals surface area contributed by atoms with E-state index >= 15 is 0 Å². The number of carbonyl (C=O) groups is 1. The van der Waals surface area contributed by atoms with Crippen molar-refractivity contribution in [3.8, 4) is 0 Å². The van der Waals surface area contributed by atoms with Crippen molar-refractivity contribution in [2.24, 2.45) is 0 Å². The largest absolute Gasteiger partial charge is 0.394 e. The molecule has 0 spiro atoms. The van der Waals surface area contributed by atoms with E-state index in [4.69, 9.17) is 9.47 Å². The first-order chi connectivity index (χ1) is 34.8. The average molecular weight is 1010 g/mol. The Labute approximate surface area is 439 Å². The van der Waals surface area contributed by atoms with Crippen LogP contribution in [0, 0.1) is 0 Å². The van der Waals surface area contributed by atoms with Gasteiger partial charge in [-0.25, -0.2) is 0 Å². The SMILES string of the molecule is CCCCCCCCC/C=C\CCCCCCCC(=O)NC(COC1OC(CO)C(O)C(O)C1O)C(O)CCCCCCCCCCCCCCCCCCCCCCCCCCCCCCCCCC. The molecule has 0 saturated carbocycles. The van der Waals surface area contributed by atoms with Crippen LogP contribution in [0.25, 0.3) is 0 Å². The molecule has 7 unspecified atom stereocenters. The number of aliphatic hydroxyl groups excluding tert-OH is 5. The molecule has 0 aliphatic carbocycles. The van der Waals surface area contributed by atoms with Gasteiger partial charge in [-0.15, -0.1) is 0 Å². The van der Waals surface area contributed by atoms with Crippen LogP contribution in [-0.2, 0) is 14.3 Å². The van der Waals surface area contributed by atoms with Crippen molar-refractivity contribution in [1.29, 1.82) is 0 Å². The summed E-state index contributed by atoms with van der Waals surface area (Å²) in [5.74, 6) is -0.147. The smallest absolute Gasteiger partial charge is 0.220 e. The fourth-order valence-corrected chi connectivity index (χ4v) is 10.4. The fourth-order valence-electron chi connectivity index (χ4n) is 10.4. The zero-order chi connectivity index (χ0) is 51.5. The summed E-state index contributed by atoms with van der Waals surface area (Å²) in [7, 11) is 0. The minimum atomic E-state index is -1.55. The van der Waals surface area contributed by atoms with E-state index in [2.05, 4.69) is 31.3 Å². The van der Waals surface area contributed by atoms with Crippen molar-refractivity contribution in [3.05, 3.63) is 12.2 Å². The molecule has 1 aliphatic heterocycles. The van der Waals surface area contributed by atoms with Crippen LogP contribution in [0.3, 0.4) is 0 Å². The highest BCUT2D eigenvalue weighted by atomic mass is 16.7. The lowest BCUT2D eigenvalue weighted by molar-refractivity contribution is -0.302. The zero-order valence-electron chi connectivity index (χ0n) is 47.0. The van der Waals surface area contributed by atoms with Crippen molar-refractivity contribution in [3.63, 3.8) is 0 Å². The lowest BCUT2D eigenvalue weighted by atomic mass is 9.99. The summed E-state index contributed by atoms with van der Waals surface area (Å²) in [5.41, 5.74) is 0. The summed E-state index contributed by atoms with van der Waals surface area (Å²) in [6.07, 6.45) is 58.4. The van der Waals surface area contributed by atoms with Crippen molar-refractivity contribution in [1.82, 2.24) is 5.32 Å². The minimum Gasteiger partial charge on any atom is -0.394 e. The molecule has 7 atom stereocenters. The van der Waals surface area contributed by atoms with Gasteiger partial charge in [-0.05, 0) is 38.5 Å². The van der Waals surface area contributed by atoms with Gasteiger partial charge in [-0.2, -0.15) is 0 Å². The summed E-state index contributed by atoms with van der Waals surface area (Å²) < 4.78 is 11.3. The Hall–Kier alpha value is -1.07. The van der Waals surface area contributed by atoms with Crippen molar-refractivity contribution in [2.75, 3.05) is 13.2 Å². The zero-order valence-corrected chi connectivity index (χ0v) is 47.0. The van der Waals surface area contributed by atoms with Gasteiger partial charge in [0, 0.05) is 6.42 Å². The molecular formula is C62H121NO8. The van der Waals surface area contributed by atoms with Gasteiger partial charge >= 0.3 is 0 Å². The molecule has 9 heteroatoms. The van der Waals surface area contributed by atoms with E-state index in [1.54, 1.807) is 0 Å². The Morgan fingerprint density at radius 1 is 0.465 bits per heavy atom. The van der Waals surface area contributed by atoms with Gasteiger partial charge in [-0.1, -0.05) is 289 Å². The van der Waals surface area contributed by atoms with Gasteiger partial charge in [-0.3, -0.25) is 4.79 Å². The number of amides is 1. The first-order valence-electron chi connectivity index (χ1n) is 31.4. The molecule has 1 amide bonds. The summed E-state index contributed by atoms with van der Waals surface area (Å²) in [6.45, 7) is 3.87. The molecule has 1 saturated heterocycles. The van der Waals surface area contributed by atoms with Gasteiger partial charge < -0.3 is 40.3 Å². The Morgan fingerprint density at radius 3 is 1.14 bits per heavy atom. The molecule has 0 bridgehead atoms. The number of allylic oxidation sites excluding steroid dienone is 2. The van der Waals surface area contributed by atoms with Crippen molar-refractivity contribution in [2.45, 2.75) is 365 Å². The Kier molecular flexibility index (Phi) is 50.1. The molecule has 9 nitrogen and oxygen atoms in total. The number of rotatable bonds is 55. The van der Waals surface area contributed by atoms with E-state index in [1.165, 1.54) is 244 Å². The van der Waals surface area contributed by atoms with E-state index in [0.29, 0.717) is 12.8 Å². The normalized spacial score (nSPS) is 19.2. The van der Waals surface area contributed by atoms with Gasteiger partial charge in [0.2, 0.25) is 5.91 Å². The van der Waals surface area contributed by atoms with E-state index in [1.807, 2.05) is 0 Å². The second kappa shape index (κ2) is 52.4. The standard InChI is InChI=1S/C62H121NO8/c1-3-5-7-9-11-13-15-17-19-21-22-23-24-25-26-27-28-29-30-31-32-33-34-35-36-37-39-41-43-45-47-49-51-56(65)55(54-70-62-61(69)60(68)59(67)57(53-64)71-62)63-58(66)52-50-48-46-44-42-40-38-20-18-16-14-12-10-8-6-4-2/h20,38,55-57,59-62,64-65,67-69H,3-19,21-37,39-54H2,1-2H3,(H,63,66)/b38-20-. The molecule has 71 heavy (non-hydrogen) atoms. The molecule has 1 rings (SSSR count). The van der Waals surface area contributed by atoms with Gasteiger partial charge in [0.15, 0.2) is 6.29 Å². The molecular weight excluding hydrogens is 887 g/mol. The Balaban J connectivity index is 2.11. The van der Waals surface area contributed by atoms with Gasteiger partial charge in [0.05, 0.1) is 25.4 Å². The highest BCUT2D eigenvalue weighted by Gasteiger charge is 2.44. The third kappa shape index (κ3) is 41.8. The molecule has 0 radical (unpaired) electrons. The van der Waals surface area contributed by atoms with Crippen LogP contribution in [0.1, 0.15) is 322 Å². The quantitative estimate of drug-likeness (QED) is 0.0261. The predicted molar refractivity (Wildman–Crippen MR) is 300 cm³/mol. The fraction of sp³-hybridized carbons (Fsp3) is 0.952. The van der Waals surface area contributed by atoms with Crippen molar-refractivity contribution < 1.29 is 39.8 Å². The summed E-state index contributed by atoms with van der Waals surface area (Å²) in [6, 6.07) is -0.721. The summed E-state index contributed by atoms with van der Waals surface area (Å²) in [5, 5.41) is 54.7. The maximum atomic E-state index is 13.1. The Morgan fingerprint density at radius 2 is 0.789 bits per heavy atom. The number of nitrogens with one attached hydrogen (secondary N) is 1. The molecule has 1 aliphatic rings. The lowest BCUT2D eigenvalue weighted by Crippen LogP contribution is -2.60. The number of hydrogen-bond donors (Lipinski definition) is 6. The number of carbonyl (C=O) groups excluding carboxylic acids is 1. The van der Waals surface area contributed by atoms with E-state index in [9.17, 15) is 30.3 Å². The topological polar surface area (TPSA) is 149 Å². The first-order valence-corrected chi connectivity index (χ1v) is 31.4. The lowest BCUT2D eigenvalue weighted by Gasteiger charge is -2.40. The van der Waals surface area contributed by atoms with E-state index in [0.717, 1.165) is 51.4 Å². The highest BCUT2D eigenvalue weighted by molar-refractivity contribution is 5.76. The number of hydrogen-bond acceptors (Lipinski definition) is 8. The maximum absolute atomic E-state index is 13.1. The van der Waals surface area contributed by atoms with Crippen LogP contribution >= 0.6 is 0 Å². The molecule has 0 aromatic rings. The molecule has 0 aromatic carbocycles. The third-order valence-electron chi connectivity index (χ3n) is 15.4. The Bertz CT molecular complexity index is 1120. The second-order valence-corrected chi connectivity index (χ2v) is 22.2. The average Bonchev–Trinajstić information content (AvgIpc) is 3.37. The maximum Gasteiger partial charge on any atom is 0.220 e. The second-order valence-electron chi connectivity index (χ2n) is 22.2. The molecule has 6 N–H and O–H groups in total. The van der Waals surface area contributed by atoms with Crippen LogP contribution in [-0.4, -0.2) is 87.5 Å². The third-order valence-corrected chi connectivity index (χ3v) is 15.4.